The molecule has 1 aliphatic heterocycles. The summed E-state index contributed by atoms with van der Waals surface area (Å²) in [5.74, 6) is 5.66. The molecule has 35 heavy (non-hydrogen) atoms. The summed E-state index contributed by atoms with van der Waals surface area (Å²) in [6.45, 7) is 0.976. The van der Waals surface area contributed by atoms with Gasteiger partial charge in [-0.1, -0.05) is 12.0 Å². The van der Waals surface area contributed by atoms with Crippen LogP contribution in [-0.4, -0.2) is 55.5 Å². The maximum Gasteiger partial charge on any atom is 0.406 e. The largest absolute Gasteiger partial charge is 0.494 e. The number of anilines is 2. The average Bonchev–Trinajstić information content (AvgIpc) is 3.15. The number of piperidine rings is 1. The van der Waals surface area contributed by atoms with Crippen molar-refractivity contribution in [1.82, 2.24) is 9.47 Å². The van der Waals surface area contributed by atoms with Crippen molar-refractivity contribution in [2.75, 3.05) is 44.4 Å². The Hall–Kier alpha value is -3.38. The van der Waals surface area contributed by atoms with Crippen molar-refractivity contribution in [3.8, 4) is 17.6 Å². The van der Waals surface area contributed by atoms with Gasteiger partial charge in [0.25, 0.3) is 0 Å². The van der Waals surface area contributed by atoms with Gasteiger partial charge in [0.05, 0.1) is 30.6 Å². The average molecular weight is 489 g/mol. The second kappa shape index (κ2) is 10.5. The Morgan fingerprint density at radius 2 is 1.86 bits per heavy atom. The number of alkyl halides is 3. The first-order valence-electron chi connectivity index (χ1n) is 11.4. The van der Waals surface area contributed by atoms with Crippen molar-refractivity contribution in [3.63, 3.8) is 0 Å². The van der Waals surface area contributed by atoms with Crippen LogP contribution in [0.2, 0.25) is 0 Å². The molecule has 0 spiro atoms. The number of rotatable bonds is 6. The van der Waals surface area contributed by atoms with E-state index in [0.29, 0.717) is 22.3 Å². The van der Waals surface area contributed by atoms with Gasteiger partial charge in [-0.3, -0.25) is 0 Å². The van der Waals surface area contributed by atoms with Gasteiger partial charge in [-0.15, -0.1) is 0 Å². The first-order valence-corrected chi connectivity index (χ1v) is 11.4. The molecule has 0 unspecified atom stereocenters. The monoisotopic (exact) mass is 488 g/mol. The standard InChI is InChI=1S/C26H28F4N4O/c1-33-13-10-19(11-14-33)32-22-6-3-7-24-21(22)16-20(34(24)17-26(28,29)30)5-4-12-31-23-9-8-18(27)15-25(23)35-2/h3,6-9,15-16,19,31-32H,10-14,17H2,1-2H3. The fraction of sp³-hybridized carbons (Fsp3) is 0.385. The zero-order valence-electron chi connectivity index (χ0n) is 19.7. The molecule has 4 rings (SSSR count). The summed E-state index contributed by atoms with van der Waals surface area (Å²) in [6, 6.07) is 11.4. The quantitative estimate of drug-likeness (QED) is 0.364. The summed E-state index contributed by atoms with van der Waals surface area (Å²) in [6.07, 6.45) is -2.44. The van der Waals surface area contributed by atoms with E-state index in [4.69, 9.17) is 4.74 Å². The number of nitrogens with zero attached hydrogens (tertiary/aromatic N) is 2. The van der Waals surface area contributed by atoms with Crippen LogP contribution in [0.1, 0.15) is 18.5 Å². The lowest BCUT2D eigenvalue weighted by molar-refractivity contribution is -0.140. The number of hydrogen-bond donors (Lipinski definition) is 2. The van der Waals surface area contributed by atoms with Gasteiger partial charge in [-0.05, 0) is 69.2 Å². The maximum atomic E-state index is 13.4. The Kier molecular flexibility index (Phi) is 7.41. The number of halogens is 4. The molecule has 186 valence electrons. The van der Waals surface area contributed by atoms with E-state index in [-0.39, 0.29) is 18.3 Å². The summed E-state index contributed by atoms with van der Waals surface area (Å²) in [5.41, 5.74) is 2.12. The van der Waals surface area contributed by atoms with E-state index in [1.807, 2.05) is 6.07 Å². The molecule has 2 N–H and O–H groups in total. The van der Waals surface area contributed by atoms with Crippen molar-refractivity contribution < 1.29 is 22.3 Å². The van der Waals surface area contributed by atoms with Crippen LogP contribution < -0.4 is 15.4 Å². The number of fused-ring (bicyclic) bond motifs is 1. The lowest BCUT2D eigenvalue weighted by atomic mass is 10.0. The number of benzene rings is 2. The zero-order valence-corrected chi connectivity index (χ0v) is 19.7. The fourth-order valence-corrected chi connectivity index (χ4v) is 4.32. The minimum Gasteiger partial charge on any atom is -0.494 e. The predicted octanol–water partition coefficient (Wildman–Crippen LogP) is 5.32. The van der Waals surface area contributed by atoms with Gasteiger partial charge in [0.1, 0.15) is 18.1 Å². The number of aromatic nitrogens is 1. The summed E-state index contributed by atoms with van der Waals surface area (Å²) >= 11 is 0. The van der Waals surface area contributed by atoms with Crippen molar-refractivity contribution in [1.29, 1.82) is 0 Å². The molecule has 0 radical (unpaired) electrons. The molecule has 2 heterocycles. The van der Waals surface area contributed by atoms with Crippen LogP contribution in [-0.2, 0) is 6.54 Å². The molecule has 0 saturated carbocycles. The Morgan fingerprint density at radius 1 is 1.09 bits per heavy atom. The molecule has 1 fully saturated rings. The molecule has 0 atom stereocenters. The van der Waals surface area contributed by atoms with Gasteiger partial charge in [0, 0.05) is 23.2 Å². The van der Waals surface area contributed by atoms with E-state index in [1.165, 1.54) is 29.9 Å². The minimum atomic E-state index is -4.39. The Morgan fingerprint density at radius 3 is 2.57 bits per heavy atom. The summed E-state index contributed by atoms with van der Waals surface area (Å²) in [7, 11) is 3.51. The van der Waals surface area contributed by atoms with Crippen molar-refractivity contribution in [3.05, 3.63) is 54.0 Å². The van der Waals surface area contributed by atoms with Crippen LogP contribution in [0.5, 0.6) is 5.75 Å². The molecule has 0 aliphatic carbocycles. The van der Waals surface area contributed by atoms with Gasteiger partial charge in [0.15, 0.2) is 0 Å². The van der Waals surface area contributed by atoms with E-state index in [2.05, 4.69) is 34.4 Å². The van der Waals surface area contributed by atoms with Gasteiger partial charge < -0.3 is 24.8 Å². The highest BCUT2D eigenvalue weighted by atomic mass is 19.4. The molecule has 0 bridgehead atoms. The number of likely N-dealkylation sites (tertiary alicyclic amines) is 1. The lowest BCUT2D eigenvalue weighted by Gasteiger charge is -2.30. The Balaban J connectivity index is 1.60. The third-order valence-corrected chi connectivity index (χ3v) is 6.11. The first-order chi connectivity index (χ1) is 16.7. The molecular formula is C26H28F4N4O. The van der Waals surface area contributed by atoms with Crippen LogP contribution in [0.3, 0.4) is 0 Å². The van der Waals surface area contributed by atoms with Crippen molar-refractivity contribution in [2.45, 2.75) is 31.6 Å². The van der Waals surface area contributed by atoms with Gasteiger partial charge >= 0.3 is 6.18 Å². The lowest BCUT2D eigenvalue weighted by Crippen LogP contribution is -2.36. The normalized spacial score (nSPS) is 15.0. The first kappa shape index (κ1) is 24.7. The number of hydrogen-bond acceptors (Lipinski definition) is 4. The van der Waals surface area contributed by atoms with Crippen LogP contribution in [0.4, 0.5) is 28.9 Å². The molecule has 1 aliphatic rings. The van der Waals surface area contributed by atoms with E-state index in [1.54, 1.807) is 18.2 Å². The highest BCUT2D eigenvalue weighted by molar-refractivity contribution is 5.94. The topological polar surface area (TPSA) is 41.5 Å². The van der Waals surface area contributed by atoms with E-state index >= 15 is 0 Å². The fourth-order valence-electron chi connectivity index (χ4n) is 4.32. The SMILES string of the molecule is COc1cc(F)ccc1NCC#Cc1cc2c(NC3CCN(C)CC3)cccc2n1CC(F)(F)F. The molecule has 3 aromatic rings. The van der Waals surface area contributed by atoms with Crippen LogP contribution in [0, 0.1) is 17.7 Å². The summed E-state index contributed by atoms with van der Waals surface area (Å²) in [4.78, 5) is 2.27. The van der Waals surface area contributed by atoms with Gasteiger partial charge in [0.2, 0.25) is 0 Å². The third kappa shape index (κ3) is 6.20. The molecule has 1 aromatic heterocycles. The molecule has 2 aromatic carbocycles. The number of nitrogens with one attached hydrogen (secondary N) is 2. The zero-order chi connectivity index (χ0) is 25.0. The number of methoxy groups -OCH3 is 1. The van der Waals surface area contributed by atoms with E-state index < -0.39 is 18.5 Å². The minimum absolute atomic E-state index is 0.149. The second-order valence-electron chi connectivity index (χ2n) is 8.69. The molecule has 1 saturated heterocycles. The van der Waals surface area contributed by atoms with E-state index in [0.717, 1.165) is 31.6 Å². The van der Waals surface area contributed by atoms with Gasteiger partial charge in [-0.2, -0.15) is 13.2 Å². The van der Waals surface area contributed by atoms with Crippen LogP contribution in [0.15, 0.2) is 42.5 Å². The highest BCUT2D eigenvalue weighted by Gasteiger charge is 2.30. The van der Waals surface area contributed by atoms with Crippen LogP contribution in [0.25, 0.3) is 10.9 Å². The highest BCUT2D eigenvalue weighted by Crippen LogP contribution is 2.31. The Bertz CT molecular complexity index is 1230. The molecule has 9 heteroatoms. The smallest absolute Gasteiger partial charge is 0.406 e. The summed E-state index contributed by atoms with van der Waals surface area (Å²) < 4.78 is 60.0. The Labute approximate surface area is 202 Å². The maximum absolute atomic E-state index is 13.4. The third-order valence-electron chi connectivity index (χ3n) is 6.11. The van der Waals surface area contributed by atoms with E-state index in [9.17, 15) is 17.6 Å². The second-order valence-corrected chi connectivity index (χ2v) is 8.69. The number of ether oxygens (including phenoxy) is 1. The predicted molar refractivity (Wildman–Crippen MR) is 130 cm³/mol. The summed E-state index contributed by atoms with van der Waals surface area (Å²) in [5, 5.41) is 7.26. The van der Waals surface area contributed by atoms with Gasteiger partial charge in [-0.25, -0.2) is 4.39 Å². The van der Waals surface area contributed by atoms with Crippen LogP contribution >= 0.6 is 0 Å². The van der Waals surface area contributed by atoms with Crippen molar-refractivity contribution in [2.24, 2.45) is 0 Å². The molecule has 5 nitrogen and oxygen atoms in total. The molecule has 0 amide bonds. The molecular weight excluding hydrogens is 460 g/mol. The van der Waals surface area contributed by atoms with Crippen molar-refractivity contribution >= 4 is 22.3 Å².